The van der Waals surface area contributed by atoms with Crippen LogP contribution >= 0.6 is 11.6 Å². The molecule has 1 heterocycles. The minimum Gasteiger partial charge on any atom is -0.368 e. The fourth-order valence-corrected chi connectivity index (χ4v) is 3.54. The molecule has 2 fully saturated rings. The third kappa shape index (κ3) is 4.08. The molecule has 140 valence electrons. The van der Waals surface area contributed by atoms with Gasteiger partial charge in [0.25, 0.3) is 5.91 Å². The number of hydrogen-bond acceptors (Lipinski definition) is 3. The van der Waals surface area contributed by atoms with E-state index >= 15 is 0 Å². The highest BCUT2D eigenvalue weighted by atomic mass is 35.5. The van der Waals surface area contributed by atoms with Gasteiger partial charge in [-0.15, -0.1) is 0 Å². The number of carbonyl (C=O) groups excluding carboxylic acids is 2. The fourth-order valence-electron chi connectivity index (χ4n) is 3.35. The molecule has 5 nitrogen and oxygen atoms in total. The Morgan fingerprint density at radius 1 is 0.926 bits per heavy atom. The minimum atomic E-state index is -0.186. The van der Waals surface area contributed by atoms with Crippen molar-refractivity contribution in [2.45, 2.75) is 12.8 Å². The van der Waals surface area contributed by atoms with Gasteiger partial charge in [-0.1, -0.05) is 23.7 Å². The highest BCUT2D eigenvalue weighted by molar-refractivity contribution is 6.33. The number of para-hydroxylation sites is 1. The van der Waals surface area contributed by atoms with Crippen LogP contribution < -0.4 is 10.2 Å². The molecule has 1 saturated heterocycles. The molecule has 2 aliphatic rings. The van der Waals surface area contributed by atoms with Gasteiger partial charge < -0.3 is 15.1 Å². The zero-order valence-electron chi connectivity index (χ0n) is 15.0. The van der Waals surface area contributed by atoms with E-state index in [1.165, 1.54) is 0 Å². The van der Waals surface area contributed by atoms with Gasteiger partial charge in [0, 0.05) is 43.3 Å². The second kappa shape index (κ2) is 7.61. The first kappa shape index (κ1) is 17.9. The summed E-state index contributed by atoms with van der Waals surface area (Å²) in [5.74, 6) is 0.420. The van der Waals surface area contributed by atoms with E-state index in [0.717, 1.165) is 44.7 Å². The Morgan fingerprint density at radius 3 is 2.22 bits per heavy atom. The number of piperazine rings is 1. The average molecular weight is 384 g/mol. The van der Waals surface area contributed by atoms with Crippen molar-refractivity contribution >= 4 is 34.8 Å². The van der Waals surface area contributed by atoms with Crippen LogP contribution in [0.3, 0.4) is 0 Å². The van der Waals surface area contributed by atoms with Crippen LogP contribution in [-0.2, 0) is 4.79 Å². The zero-order valence-corrected chi connectivity index (χ0v) is 15.8. The molecule has 2 aromatic carbocycles. The predicted molar refractivity (Wildman–Crippen MR) is 107 cm³/mol. The van der Waals surface area contributed by atoms with Crippen LogP contribution in [0, 0.1) is 5.92 Å². The third-order valence-electron chi connectivity index (χ3n) is 5.13. The maximum atomic E-state index is 12.4. The molecule has 0 unspecified atom stereocenters. The van der Waals surface area contributed by atoms with Crippen molar-refractivity contribution in [3.63, 3.8) is 0 Å². The van der Waals surface area contributed by atoms with E-state index in [4.69, 9.17) is 11.6 Å². The number of hydrogen-bond donors (Lipinski definition) is 1. The third-order valence-corrected chi connectivity index (χ3v) is 5.46. The lowest BCUT2D eigenvalue weighted by Gasteiger charge is -2.36. The Kier molecular flexibility index (Phi) is 5.03. The SMILES string of the molecule is O=C(Nc1ccccc1Cl)c1ccc(N2CCN(C(=O)C3CC3)CC2)cc1. The maximum Gasteiger partial charge on any atom is 0.255 e. The Labute approximate surface area is 163 Å². The van der Waals surface area contributed by atoms with E-state index < -0.39 is 0 Å². The maximum absolute atomic E-state index is 12.4. The largest absolute Gasteiger partial charge is 0.368 e. The minimum absolute atomic E-state index is 0.186. The Hall–Kier alpha value is -2.53. The van der Waals surface area contributed by atoms with E-state index in [1.54, 1.807) is 12.1 Å². The molecular weight excluding hydrogens is 362 g/mol. The van der Waals surface area contributed by atoms with E-state index in [2.05, 4.69) is 10.2 Å². The molecule has 2 amide bonds. The first-order valence-electron chi connectivity index (χ1n) is 9.31. The molecule has 0 bridgehead atoms. The molecule has 6 heteroatoms. The van der Waals surface area contributed by atoms with Crippen LogP contribution in [-0.4, -0.2) is 42.9 Å². The molecule has 1 N–H and O–H groups in total. The number of carbonyl (C=O) groups is 2. The lowest BCUT2D eigenvalue weighted by atomic mass is 10.1. The Balaban J connectivity index is 1.35. The van der Waals surface area contributed by atoms with Crippen LogP contribution in [0.2, 0.25) is 5.02 Å². The highest BCUT2D eigenvalue weighted by Crippen LogP contribution is 2.31. The first-order valence-corrected chi connectivity index (χ1v) is 9.69. The molecule has 0 atom stereocenters. The van der Waals surface area contributed by atoms with Crippen LogP contribution in [0.5, 0.6) is 0 Å². The summed E-state index contributed by atoms with van der Waals surface area (Å²) in [4.78, 5) is 28.8. The fraction of sp³-hybridized carbons (Fsp3) is 0.333. The van der Waals surface area contributed by atoms with Crippen molar-refractivity contribution in [2.24, 2.45) is 5.92 Å². The van der Waals surface area contributed by atoms with Gasteiger partial charge in [0.15, 0.2) is 0 Å². The topological polar surface area (TPSA) is 52.7 Å². The quantitative estimate of drug-likeness (QED) is 0.876. The summed E-state index contributed by atoms with van der Waals surface area (Å²) in [6.45, 7) is 3.18. The summed E-state index contributed by atoms with van der Waals surface area (Å²) in [6.07, 6.45) is 2.10. The number of halogens is 1. The second-order valence-electron chi connectivity index (χ2n) is 7.07. The second-order valence-corrected chi connectivity index (χ2v) is 7.47. The molecule has 1 aliphatic carbocycles. The standard InChI is InChI=1S/C21H22ClN3O2/c22-18-3-1-2-4-19(18)23-20(26)15-7-9-17(10-8-15)24-11-13-25(14-12-24)21(27)16-5-6-16/h1-4,7-10,16H,5-6,11-14H2,(H,23,26). The molecule has 1 saturated carbocycles. The summed E-state index contributed by atoms with van der Waals surface area (Å²) in [6, 6.07) is 14.7. The van der Waals surface area contributed by atoms with Gasteiger partial charge in [0.1, 0.15) is 0 Å². The van der Waals surface area contributed by atoms with Crippen molar-refractivity contribution in [1.29, 1.82) is 0 Å². The van der Waals surface area contributed by atoms with Gasteiger partial charge in [-0.3, -0.25) is 9.59 Å². The Morgan fingerprint density at radius 2 is 1.59 bits per heavy atom. The van der Waals surface area contributed by atoms with Crippen molar-refractivity contribution < 1.29 is 9.59 Å². The molecule has 27 heavy (non-hydrogen) atoms. The van der Waals surface area contributed by atoms with Gasteiger partial charge in [0.05, 0.1) is 10.7 Å². The number of benzene rings is 2. The van der Waals surface area contributed by atoms with E-state index in [0.29, 0.717) is 22.2 Å². The van der Waals surface area contributed by atoms with Crippen molar-refractivity contribution in [1.82, 2.24) is 4.90 Å². The summed E-state index contributed by atoms with van der Waals surface area (Å²) in [7, 11) is 0. The summed E-state index contributed by atoms with van der Waals surface area (Å²) in [5.41, 5.74) is 2.26. The molecule has 0 radical (unpaired) electrons. The predicted octanol–water partition coefficient (Wildman–Crippen LogP) is 3.65. The molecular formula is C21H22ClN3O2. The summed E-state index contributed by atoms with van der Waals surface area (Å²) < 4.78 is 0. The first-order chi connectivity index (χ1) is 13.1. The smallest absolute Gasteiger partial charge is 0.255 e. The highest BCUT2D eigenvalue weighted by Gasteiger charge is 2.34. The van der Waals surface area contributed by atoms with Crippen LogP contribution in [0.25, 0.3) is 0 Å². The molecule has 2 aromatic rings. The number of amides is 2. The van der Waals surface area contributed by atoms with Crippen LogP contribution in [0.15, 0.2) is 48.5 Å². The summed E-state index contributed by atoms with van der Waals surface area (Å²) in [5, 5.41) is 3.35. The average Bonchev–Trinajstić information content (AvgIpc) is 3.55. The molecule has 0 aromatic heterocycles. The van der Waals surface area contributed by atoms with Crippen molar-refractivity contribution in [3.05, 3.63) is 59.1 Å². The van der Waals surface area contributed by atoms with E-state index in [9.17, 15) is 9.59 Å². The van der Waals surface area contributed by atoms with E-state index in [1.807, 2.05) is 41.3 Å². The normalized spacial score (nSPS) is 16.9. The van der Waals surface area contributed by atoms with Crippen molar-refractivity contribution in [3.8, 4) is 0 Å². The number of rotatable bonds is 4. The molecule has 4 rings (SSSR count). The van der Waals surface area contributed by atoms with Gasteiger partial charge in [0.2, 0.25) is 5.91 Å². The van der Waals surface area contributed by atoms with Gasteiger partial charge in [-0.25, -0.2) is 0 Å². The van der Waals surface area contributed by atoms with Crippen LogP contribution in [0.4, 0.5) is 11.4 Å². The monoisotopic (exact) mass is 383 g/mol. The lowest BCUT2D eigenvalue weighted by molar-refractivity contribution is -0.132. The Bertz CT molecular complexity index is 841. The van der Waals surface area contributed by atoms with Gasteiger partial charge in [-0.2, -0.15) is 0 Å². The van der Waals surface area contributed by atoms with Crippen LogP contribution in [0.1, 0.15) is 23.2 Å². The van der Waals surface area contributed by atoms with E-state index in [-0.39, 0.29) is 11.8 Å². The zero-order chi connectivity index (χ0) is 18.8. The lowest BCUT2D eigenvalue weighted by Crippen LogP contribution is -2.49. The number of anilines is 2. The van der Waals surface area contributed by atoms with Gasteiger partial charge >= 0.3 is 0 Å². The molecule has 1 aliphatic heterocycles. The number of nitrogens with one attached hydrogen (secondary N) is 1. The number of nitrogens with zero attached hydrogens (tertiary/aromatic N) is 2. The molecule has 0 spiro atoms. The summed E-state index contributed by atoms with van der Waals surface area (Å²) >= 11 is 6.09. The van der Waals surface area contributed by atoms with Crippen molar-refractivity contribution in [2.75, 3.05) is 36.4 Å². The van der Waals surface area contributed by atoms with Gasteiger partial charge in [-0.05, 0) is 49.2 Å².